The third-order valence-corrected chi connectivity index (χ3v) is 3.21. The summed E-state index contributed by atoms with van der Waals surface area (Å²) in [6, 6.07) is 14.9. The fourth-order valence-electron chi connectivity index (χ4n) is 2.16. The maximum atomic E-state index is 13.1. The van der Waals surface area contributed by atoms with Gasteiger partial charge in [0.1, 0.15) is 12.4 Å². The molecule has 2 aromatic rings. The highest BCUT2D eigenvalue weighted by molar-refractivity contribution is 5.95. The van der Waals surface area contributed by atoms with Gasteiger partial charge in [0.2, 0.25) is 0 Å². The molecule has 3 N–H and O–H groups in total. The number of benzene rings is 2. The van der Waals surface area contributed by atoms with Gasteiger partial charge in [-0.25, -0.2) is 4.39 Å². The number of carbonyl (C=O) groups is 2. The van der Waals surface area contributed by atoms with Crippen molar-refractivity contribution in [3.63, 3.8) is 0 Å². The van der Waals surface area contributed by atoms with E-state index in [-0.39, 0.29) is 24.2 Å². The zero-order chi connectivity index (χ0) is 16.7. The molecule has 1 unspecified atom stereocenters. The Kier molecular flexibility index (Phi) is 5.82. The van der Waals surface area contributed by atoms with Gasteiger partial charge in [-0.3, -0.25) is 20.4 Å². The Labute approximate surface area is 134 Å². The maximum absolute atomic E-state index is 13.1. The fraction of sp³-hybridized carbons (Fsp3) is 0.176. The highest BCUT2D eigenvalue weighted by Crippen LogP contribution is 2.01. The van der Waals surface area contributed by atoms with Crippen LogP contribution in [0.5, 0.6) is 0 Å². The quantitative estimate of drug-likeness (QED) is 0.695. The van der Waals surface area contributed by atoms with E-state index in [1.807, 2.05) is 13.1 Å². The lowest BCUT2D eigenvalue weighted by Crippen LogP contribution is -3.09. The first-order chi connectivity index (χ1) is 11.0. The van der Waals surface area contributed by atoms with Crippen molar-refractivity contribution in [3.8, 4) is 0 Å². The third kappa shape index (κ3) is 5.52. The van der Waals surface area contributed by atoms with Gasteiger partial charge < -0.3 is 4.90 Å². The Hall–Kier alpha value is -2.73. The lowest BCUT2D eigenvalue weighted by molar-refractivity contribution is -0.885. The molecule has 0 saturated heterocycles. The van der Waals surface area contributed by atoms with Crippen LogP contribution in [0.1, 0.15) is 15.9 Å². The molecule has 0 aliphatic rings. The Balaban J connectivity index is 1.77. The Morgan fingerprint density at radius 1 is 1.04 bits per heavy atom. The number of hydrazine groups is 1. The van der Waals surface area contributed by atoms with E-state index in [1.165, 1.54) is 12.1 Å². The summed E-state index contributed by atoms with van der Waals surface area (Å²) in [5.41, 5.74) is 6.02. The number of halogens is 1. The molecule has 6 heteroatoms. The fourth-order valence-corrected chi connectivity index (χ4v) is 2.16. The second-order valence-corrected chi connectivity index (χ2v) is 5.31. The smallest absolute Gasteiger partial charge is 0.293 e. The summed E-state index contributed by atoms with van der Waals surface area (Å²) in [7, 11) is 1.82. The molecule has 2 amide bonds. The highest BCUT2D eigenvalue weighted by Gasteiger charge is 2.12. The molecule has 0 heterocycles. The summed E-state index contributed by atoms with van der Waals surface area (Å²) in [4.78, 5) is 24.5. The molecule has 5 nitrogen and oxygen atoms in total. The predicted molar refractivity (Wildman–Crippen MR) is 83.9 cm³/mol. The van der Waals surface area contributed by atoms with Crippen molar-refractivity contribution in [3.05, 3.63) is 71.5 Å². The highest BCUT2D eigenvalue weighted by atomic mass is 19.1. The van der Waals surface area contributed by atoms with Gasteiger partial charge in [-0.15, -0.1) is 0 Å². The van der Waals surface area contributed by atoms with Crippen LogP contribution >= 0.6 is 0 Å². The van der Waals surface area contributed by atoms with Gasteiger partial charge in [0, 0.05) is 11.1 Å². The average molecular weight is 316 g/mol. The van der Waals surface area contributed by atoms with Crippen LogP contribution in [0, 0.1) is 5.82 Å². The molecule has 0 radical (unpaired) electrons. The molecular weight excluding hydrogens is 297 g/mol. The second kappa shape index (κ2) is 8.05. The number of quaternary nitrogens is 1. The molecule has 0 aliphatic carbocycles. The van der Waals surface area contributed by atoms with E-state index in [4.69, 9.17) is 0 Å². The van der Waals surface area contributed by atoms with Crippen LogP contribution < -0.4 is 15.8 Å². The Morgan fingerprint density at radius 2 is 1.78 bits per heavy atom. The number of likely N-dealkylation sites (N-methyl/N-ethyl adjacent to an activating group) is 1. The predicted octanol–water partition coefficient (Wildman–Crippen LogP) is 0.302. The normalized spacial score (nSPS) is 11.6. The second-order valence-electron chi connectivity index (χ2n) is 5.31. The summed E-state index contributed by atoms with van der Waals surface area (Å²) in [6.45, 7) is 0.670. The summed E-state index contributed by atoms with van der Waals surface area (Å²) >= 11 is 0. The first-order valence-corrected chi connectivity index (χ1v) is 7.24. The number of carbonyl (C=O) groups excluding carboxylic acids is 2. The first-order valence-electron chi connectivity index (χ1n) is 7.24. The summed E-state index contributed by atoms with van der Waals surface area (Å²) < 4.78 is 13.1. The molecule has 2 rings (SSSR count). The van der Waals surface area contributed by atoms with Crippen LogP contribution in [0.4, 0.5) is 4.39 Å². The summed E-state index contributed by atoms with van der Waals surface area (Å²) in [6.07, 6.45) is 0. The monoisotopic (exact) mass is 316 g/mol. The molecule has 0 saturated carbocycles. The molecule has 0 aliphatic heterocycles. The molecule has 0 spiro atoms. The zero-order valence-electron chi connectivity index (χ0n) is 12.8. The van der Waals surface area contributed by atoms with E-state index in [2.05, 4.69) is 10.9 Å². The number of amides is 2. The third-order valence-electron chi connectivity index (χ3n) is 3.21. The lowest BCUT2D eigenvalue weighted by Gasteiger charge is -2.14. The first kappa shape index (κ1) is 16.6. The van der Waals surface area contributed by atoms with Crippen molar-refractivity contribution in [2.75, 3.05) is 13.6 Å². The van der Waals surface area contributed by atoms with Crippen molar-refractivity contribution < 1.29 is 18.9 Å². The van der Waals surface area contributed by atoms with Crippen LogP contribution in [0.25, 0.3) is 0 Å². The van der Waals surface area contributed by atoms with Gasteiger partial charge in [-0.1, -0.05) is 30.3 Å². The van der Waals surface area contributed by atoms with Crippen LogP contribution in [0.2, 0.25) is 0 Å². The summed E-state index contributed by atoms with van der Waals surface area (Å²) in [5, 5.41) is 0. The van der Waals surface area contributed by atoms with E-state index >= 15 is 0 Å². The minimum absolute atomic E-state index is 0.158. The van der Waals surface area contributed by atoms with Gasteiger partial charge >= 0.3 is 0 Å². The number of hydrogen-bond donors (Lipinski definition) is 3. The average Bonchev–Trinajstić information content (AvgIpc) is 2.53. The molecular formula is C17H19FN3O2+. The number of hydrogen-bond acceptors (Lipinski definition) is 2. The molecule has 0 bridgehead atoms. The van der Waals surface area contributed by atoms with Gasteiger partial charge in [0.05, 0.1) is 7.05 Å². The van der Waals surface area contributed by atoms with Gasteiger partial charge in [0.25, 0.3) is 11.8 Å². The van der Waals surface area contributed by atoms with Crippen molar-refractivity contribution in [2.24, 2.45) is 0 Å². The minimum Gasteiger partial charge on any atom is -0.326 e. The Bertz CT molecular complexity index is 677. The van der Waals surface area contributed by atoms with E-state index in [9.17, 15) is 14.0 Å². The van der Waals surface area contributed by atoms with E-state index < -0.39 is 0 Å². The molecule has 120 valence electrons. The molecule has 23 heavy (non-hydrogen) atoms. The van der Waals surface area contributed by atoms with Crippen LogP contribution in [0.3, 0.4) is 0 Å². The summed E-state index contributed by atoms with van der Waals surface area (Å²) in [5.74, 6) is -0.986. The Morgan fingerprint density at radius 3 is 2.48 bits per heavy atom. The zero-order valence-corrected chi connectivity index (χ0v) is 12.8. The van der Waals surface area contributed by atoms with Crippen LogP contribution in [-0.2, 0) is 11.3 Å². The molecule has 2 aromatic carbocycles. The SMILES string of the molecule is C[NH+](CC(=O)NNC(=O)c1ccccc1)Cc1cccc(F)c1. The van der Waals surface area contributed by atoms with E-state index in [0.717, 1.165) is 10.5 Å². The molecule has 1 atom stereocenters. The van der Waals surface area contributed by atoms with Crippen molar-refractivity contribution >= 4 is 11.8 Å². The standard InChI is InChI=1S/C17H18FN3O2/c1-21(11-13-6-5-9-15(18)10-13)12-16(22)19-20-17(23)14-7-3-2-4-8-14/h2-10H,11-12H2,1H3,(H,19,22)(H,20,23)/p+1. The largest absolute Gasteiger partial charge is 0.326 e. The molecule has 0 aromatic heterocycles. The van der Waals surface area contributed by atoms with Crippen molar-refractivity contribution in [1.29, 1.82) is 0 Å². The lowest BCUT2D eigenvalue weighted by atomic mass is 10.2. The number of nitrogens with one attached hydrogen (secondary N) is 3. The van der Waals surface area contributed by atoms with E-state index in [0.29, 0.717) is 12.1 Å². The van der Waals surface area contributed by atoms with Crippen molar-refractivity contribution in [1.82, 2.24) is 10.9 Å². The van der Waals surface area contributed by atoms with Gasteiger partial charge in [-0.05, 0) is 24.3 Å². The van der Waals surface area contributed by atoms with Gasteiger partial charge in [0.15, 0.2) is 6.54 Å². The number of rotatable bonds is 5. The van der Waals surface area contributed by atoms with Gasteiger partial charge in [-0.2, -0.15) is 0 Å². The van der Waals surface area contributed by atoms with Crippen LogP contribution in [0.15, 0.2) is 54.6 Å². The molecule has 0 fully saturated rings. The minimum atomic E-state index is -0.373. The van der Waals surface area contributed by atoms with E-state index in [1.54, 1.807) is 36.4 Å². The van der Waals surface area contributed by atoms with Crippen molar-refractivity contribution in [2.45, 2.75) is 6.54 Å². The van der Waals surface area contributed by atoms with Crippen LogP contribution in [-0.4, -0.2) is 25.4 Å². The topological polar surface area (TPSA) is 62.6 Å². The maximum Gasteiger partial charge on any atom is 0.293 e.